The Morgan fingerprint density at radius 1 is 1.19 bits per heavy atom. The molecule has 8 nitrogen and oxygen atoms in total. The van der Waals surface area contributed by atoms with E-state index < -0.39 is 30.8 Å². The second kappa shape index (κ2) is 7.98. The summed E-state index contributed by atoms with van der Waals surface area (Å²) in [5.41, 5.74) is 0.970. The van der Waals surface area contributed by atoms with Gasteiger partial charge < -0.3 is 25.1 Å². The normalized spacial score (nSPS) is 11.8. The predicted octanol–water partition coefficient (Wildman–Crippen LogP) is 0.645. The fourth-order valence-corrected chi connectivity index (χ4v) is 2.55. The van der Waals surface area contributed by atoms with Gasteiger partial charge in [-0.15, -0.1) is 0 Å². The van der Waals surface area contributed by atoms with Crippen LogP contribution in [0.3, 0.4) is 0 Å². The van der Waals surface area contributed by atoms with Crippen molar-refractivity contribution in [1.82, 2.24) is 10.3 Å². The van der Waals surface area contributed by atoms with E-state index in [-0.39, 0.29) is 12.1 Å². The molecular weight excluding hydrogens is 356 g/mol. The first-order valence-corrected chi connectivity index (χ1v) is 7.99. The number of carbonyl (C=O) groups excluding carboxylic acids is 2. The standard InChI is InChI=1S/C17H15BFN3O5/c19-15-12(5-3-7-20-15)21-16(23)17(24)22-14(18(25)26)8-10-9-27-13-6-2-1-4-11(10)13/h1-7,9,14,25-26H,8H2,(H,21,23)(H,22,24). The lowest BCUT2D eigenvalue weighted by Gasteiger charge is -2.17. The highest BCUT2D eigenvalue weighted by Crippen LogP contribution is 2.22. The molecule has 2 amide bonds. The Morgan fingerprint density at radius 2 is 1.96 bits per heavy atom. The molecule has 1 unspecified atom stereocenters. The van der Waals surface area contributed by atoms with Gasteiger partial charge in [0.2, 0.25) is 5.95 Å². The Kier molecular flexibility index (Phi) is 5.48. The average molecular weight is 371 g/mol. The molecule has 0 aliphatic heterocycles. The van der Waals surface area contributed by atoms with Gasteiger partial charge in [0.25, 0.3) is 0 Å². The third-order valence-corrected chi connectivity index (χ3v) is 3.89. The van der Waals surface area contributed by atoms with Gasteiger partial charge in [0.15, 0.2) is 0 Å². The van der Waals surface area contributed by atoms with Gasteiger partial charge in [-0.25, -0.2) is 4.98 Å². The average Bonchev–Trinajstić information content (AvgIpc) is 3.06. The Bertz CT molecular complexity index is 978. The van der Waals surface area contributed by atoms with E-state index in [1.165, 1.54) is 24.6 Å². The van der Waals surface area contributed by atoms with E-state index >= 15 is 0 Å². The van der Waals surface area contributed by atoms with Crippen molar-refractivity contribution in [2.75, 3.05) is 5.32 Å². The number of nitrogens with one attached hydrogen (secondary N) is 2. The minimum atomic E-state index is -1.93. The van der Waals surface area contributed by atoms with Gasteiger partial charge in [0.05, 0.1) is 17.9 Å². The van der Waals surface area contributed by atoms with E-state index in [0.29, 0.717) is 11.1 Å². The Balaban J connectivity index is 1.69. The molecule has 0 aliphatic rings. The number of halogens is 1. The van der Waals surface area contributed by atoms with Crippen LogP contribution >= 0.6 is 0 Å². The molecule has 0 saturated carbocycles. The van der Waals surface area contributed by atoms with Crippen LogP contribution in [0.25, 0.3) is 11.0 Å². The quantitative estimate of drug-likeness (QED) is 0.297. The molecule has 1 atom stereocenters. The summed E-state index contributed by atoms with van der Waals surface area (Å²) in [6, 6.07) is 9.74. The number of nitrogens with zero attached hydrogens (tertiary/aromatic N) is 1. The number of amides is 2. The Hall–Kier alpha value is -3.24. The first kappa shape index (κ1) is 18.6. The summed E-state index contributed by atoms with van der Waals surface area (Å²) in [5.74, 6) is -4.43. The number of anilines is 1. The number of aromatic nitrogens is 1. The number of rotatable bonds is 5. The van der Waals surface area contributed by atoms with Crippen LogP contribution in [-0.2, 0) is 16.0 Å². The molecule has 4 N–H and O–H groups in total. The number of benzene rings is 1. The summed E-state index contributed by atoms with van der Waals surface area (Å²) >= 11 is 0. The molecule has 2 heterocycles. The van der Waals surface area contributed by atoms with Crippen LogP contribution in [0.1, 0.15) is 5.56 Å². The zero-order chi connectivity index (χ0) is 19.4. The molecule has 0 radical (unpaired) electrons. The van der Waals surface area contributed by atoms with Crippen molar-refractivity contribution in [3.63, 3.8) is 0 Å². The minimum Gasteiger partial charge on any atom is -0.464 e. The largest absolute Gasteiger partial charge is 0.475 e. The number of fused-ring (bicyclic) bond motifs is 1. The van der Waals surface area contributed by atoms with E-state index in [9.17, 15) is 24.0 Å². The van der Waals surface area contributed by atoms with Crippen LogP contribution in [0.4, 0.5) is 10.1 Å². The van der Waals surface area contributed by atoms with Crippen molar-refractivity contribution >= 4 is 35.6 Å². The fraction of sp³-hybridized carbons (Fsp3) is 0.118. The summed E-state index contributed by atoms with van der Waals surface area (Å²) in [6.45, 7) is 0. The molecule has 27 heavy (non-hydrogen) atoms. The molecule has 10 heteroatoms. The zero-order valence-corrected chi connectivity index (χ0v) is 13.9. The third kappa shape index (κ3) is 4.30. The van der Waals surface area contributed by atoms with Gasteiger partial charge >= 0.3 is 18.9 Å². The highest BCUT2D eigenvalue weighted by atomic mass is 19.1. The Morgan fingerprint density at radius 3 is 2.70 bits per heavy atom. The van der Waals surface area contributed by atoms with E-state index in [2.05, 4.69) is 15.6 Å². The summed E-state index contributed by atoms with van der Waals surface area (Å²) in [4.78, 5) is 27.3. The molecule has 1 aromatic carbocycles. The molecule has 0 aliphatic carbocycles. The highest BCUT2D eigenvalue weighted by molar-refractivity contribution is 6.46. The predicted molar refractivity (Wildman–Crippen MR) is 94.9 cm³/mol. The molecule has 0 spiro atoms. The zero-order valence-electron chi connectivity index (χ0n) is 13.9. The molecule has 3 rings (SSSR count). The molecule has 0 fully saturated rings. The highest BCUT2D eigenvalue weighted by Gasteiger charge is 2.29. The molecule has 0 bridgehead atoms. The van der Waals surface area contributed by atoms with Gasteiger partial charge in [-0.05, 0) is 30.2 Å². The first-order chi connectivity index (χ1) is 13.0. The lowest BCUT2D eigenvalue weighted by atomic mass is 9.76. The molecule has 0 saturated heterocycles. The van der Waals surface area contributed by atoms with E-state index in [1.807, 2.05) is 0 Å². The van der Waals surface area contributed by atoms with Crippen LogP contribution in [0, 0.1) is 5.95 Å². The lowest BCUT2D eigenvalue weighted by molar-refractivity contribution is -0.136. The van der Waals surface area contributed by atoms with Gasteiger partial charge in [0.1, 0.15) is 5.58 Å². The Labute approximate surface area is 153 Å². The van der Waals surface area contributed by atoms with Crippen molar-refractivity contribution in [2.45, 2.75) is 12.4 Å². The number of furan rings is 1. The second-order valence-electron chi connectivity index (χ2n) is 5.75. The molecular formula is C17H15BFN3O5. The van der Waals surface area contributed by atoms with E-state index in [4.69, 9.17) is 4.42 Å². The maximum absolute atomic E-state index is 13.5. The van der Waals surface area contributed by atoms with Crippen LogP contribution in [-0.4, -0.2) is 39.9 Å². The van der Waals surface area contributed by atoms with Gasteiger partial charge in [0, 0.05) is 11.6 Å². The number of hydrogen-bond acceptors (Lipinski definition) is 6. The molecule has 3 aromatic rings. The summed E-state index contributed by atoms with van der Waals surface area (Å²) < 4.78 is 18.8. The van der Waals surface area contributed by atoms with Crippen LogP contribution < -0.4 is 10.6 Å². The smallest absolute Gasteiger partial charge is 0.464 e. The maximum atomic E-state index is 13.5. The lowest BCUT2D eigenvalue weighted by Crippen LogP contribution is -2.51. The summed E-state index contributed by atoms with van der Waals surface area (Å²) in [7, 11) is -1.93. The molecule has 138 valence electrons. The van der Waals surface area contributed by atoms with Crippen LogP contribution in [0.5, 0.6) is 0 Å². The number of hydrogen-bond donors (Lipinski definition) is 4. The van der Waals surface area contributed by atoms with Gasteiger partial charge in [-0.3, -0.25) is 9.59 Å². The van der Waals surface area contributed by atoms with Crippen LogP contribution in [0.15, 0.2) is 53.3 Å². The minimum absolute atomic E-state index is 0.00888. The van der Waals surface area contributed by atoms with Gasteiger partial charge in [-0.1, -0.05) is 18.2 Å². The number of para-hydroxylation sites is 1. The van der Waals surface area contributed by atoms with Crippen LogP contribution in [0.2, 0.25) is 0 Å². The third-order valence-electron chi connectivity index (χ3n) is 3.89. The summed E-state index contributed by atoms with van der Waals surface area (Å²) in [5, 5.41) is 24.2. The second-order valence-corrected chi connectivity index (χ2v) is 5.75. The van der Waals surface area contributed by atoms with Gasteiger partial charge in [-0.2, -0.15) is 4.39 Å². The maximum Gasteiger partial charge on any atom is 0.475 e. The van der Waals surface area contributed by atoms with Crippen molar-refractivity contribution in [1.29, 1.82) is 0 Å². The number of pyridine rings is 1. The summed E-state index contributed by atoms with van der Waals surface area (Å²) in [6.07, 6.45) is 2.64. The van der Waals surface area contributed by atoms with Crippen molar-refractivity contribution in [3.8, 4) is 0 Å². The fourth-order valence-electron chi connectivity index (χ4n) is 2.55. The van der Waals surface area contributed by atoms with Crippen molar-refractivity contribution < 1.29 is 28.4 Å². The van der Waals surface area contributed by atoms with E-state index in [1.54, 1.807) is 24.3 Å². The van der Waals surface area contributed by atoms with Crippen molar-refractivity contribution in [2.24, 2.45) is 0 Å². The van der Waals surface area contributed by atoms with Crippen molar-refractivity contribution in [3.05, 3.63) is 60.4 Å². The van der Waals surface area contributed by atoms with E-state index in [0.717, 1.165) is 5.39 Å². The molecule has 2 aromatic heterocycles. The SMILES string of the molecule is O=C(Nc1cccnc1F)C(=O)NC(Cc1coc2ccccc12)B(O)O. The topological polar surface area (TPSA) is 125 Å². The first-order valence-electron chi connectivity index (χ1n) is 7.99. The number of carbonyl (C=O) groups is 2. The monoisotopic (exact) mass is 371 g/mol.